The van der Waals surface area contributed by atoms with Gasteiger partial charge in [0.15, 0.2) is 5.96 Å². The minimum absolute atomic E-state index is 0. The van der Waals surface area contributed by atoms with Crippen molar-refractivity contribution in [2.24, 2.45) is 10.7 Å². The van der Waals surface area contributed by atoms with Gasteiger partial charge in [0.1, 0.15) is 0 Å². The number of nitrogens with two attached hydrogens (primary N) is 1. The lowest BCUT2D eigenvalue weighted by Gasteiger charge is -2.11. The van der Waals surface area contributed by atoms with Gasteiger partial charge in [-0.05, 0) is 69.2 Å². The second-order valence-electron chi connectivity index (χ2n) is 5.63. The molecule has 0 radical (unpaired) electrons. The Morgan fingerprint density at radius 2 is 1.90 bits per heavy atom. The van der Waals surface area contributed by atoms with Crippen molar-refractivity contribution in [2.45, 2.75) is 46.0 Å². The molecule has 1 aliphatic carbocycles. The van der Waals surface area contributed by atoms with E-state index in [0.717, 1.165) is 18.7 Å². The molecule has 2 rings (SSSR count). The van der Waals surface area contributed by atoms with Crippen molar-refractivity contribution in [1.82, 2.24) is 0 Å². The van der Waals surface area contributed by atoms with E-state index in [1.54, 1.807) is 5.57 Å². The summed E-state index contributed by atoms with van der Waals surface area (Å²) >= 11 is 0. The number of hydrogen-bond donors (Lipinski definition) is 2. The third kappa shape index (κ3) is 6.50. The number of allylic oxidation sites excluding steroid dienone is 1. The molecule has 3 nitrogen and oxygen atoms in total. The van der Waals surface area contributed by atoms with Gasteiger partial charge in [0, 0.05) is 12.2 Å². The van der Waals surface area contributed by atoms with Gasteiger partial charge in [0.05, 0.1) is 0 Å². The first-order chi connectivity index (χ1) is 9.63. The number of nitrogens with one attached hydrogen (secondary N) is 1. The maximum absolute atomic E-state index is 5.94. The molecule has 116 valence electrons. The number of guanidine groups is 1. The molecule has 0 atom stereocenters. The van der Waals surface area contributed by atoms with Crippen LogP contribution in [-0.2, 0) is 0 Å². The van der Waals surface area contributed by atoms with Crippen LogP contribution in [0.3, 0.4) is 0 Å². The van der Waals surface area contributed by atoms with Crippen LogP contribution >= 0.6 is 24.0 Å². The standard InChI is InChI=1S/C17H25N3.HI/c1-13-10-14(2)12-16(11-13)20-17(18)19-9-8-15-6-4-3-5-7-15;/h6,10-12H,3-5,7-9H2,1-2H3,(H3,18,19,20);1H. The maximum Gasteiger partial charge on any atom is 0.193 e. The monoisotopic (exact) mass is 399 g/mol. The molecule has 0 heterocycles. The van der Waals surface area contributed by atoms with Crippen molar-refractivity contribution < 1.29 is 0 Å². The molecule has 0 bridgehead atoms. The number of aliphatic imine (C=N–C) groups is 1. The number of hydrogen-bond acceptors (Lipinski definition) is 1. The molecule has 0 saturated heterocycles. The largest absolute Gasteiger partial charge is 0.370 e. The fourth-order valence-corrected chi connectivity index (χ4v) is 2.69. The summed E-state index contributed by atoms with van der Waals surface area (Å²) in [5.41, 5.74) is 11.0. The summed E-state index contributed by atoms with van der Waals surface area (Å²) in [5, 5.41) is 3.17. The Morgan fingerprint density at radius 1 is 1.19 bits per heavy atom. The van der Waals surface area contributed by atoms with E-state index in [4.69, 9.17) is 5.73 Å². The van der Waals surface area contributed by atoms with E-state index < -0.39 is 0 Å². The van der Waals surface area contributed by atoms with E-state index in [1.165, 1.54) is 36.8 Å². The number of anilines is 1. The molecule has 0 fully saturated rings. The average molecular weight is 399 g/mol. The zero-order valence-corrected chi connectivity index (χ0v) is 15.3. The van der Waals surface area contributed by atoms with Crippen molar-refractivity contribution in [1.29, 1.82) is 0 Å². The highest BCUT2D eigenvalue weighted by atomic mass is 127. The predicted molar refractivity (Wildman–Crippen MR) is 103 cm³/mol. The van der Waals surface area contributed by atoms with E-state index in [1.807, 2.05) is 0 Å². The number of nitrogens with zero attached hydrogens (tertiary/aromatic N) is 1. The Bertz CT molecular complexity index is 501. The first kappa shape index (κ1) is 18.0. The van der Waals surface area contributed by atoms with Crippen LogP contribution in [0, 0.1) is 13.8 Å². The fraction of sp³-hybridized carbons (Fsp3) is 0.471. The molecule has 21 heavy (non-hydrogen) atoms. The normalized spacial score (nSPS) is 15.1. The predicted octanol–water partition coefficient (Wildman–Crippen LogP) is 4.54. The molecule has 0 aromatic heterocycles. The lowest BCUT2D eigenvalue weighted by Crippen LogP contribution is -2.23. The number of benzene rings is 1. The topological polar surface area (TPSA) is 50.4 Å². The highest BCUT2D eigenvalue weighted by Crippen LogP contribution is 2.19. The molecule has 0 unspecified atom stereocenters. The first-order valence-corrected chi connectivity index (χ1v) is 7.46. The van der Waals surface area contributed by atoms with Crippen LogP contribution in [0.4, 0.5) is 5.69 Å². The van der Waals surface area contributed by atoms with Gasteiger partial charge in [-0.15, -0.1) is 24.0 Å². The Balaban J connectivity index is 0.00000220. The zero-order chi connectivity index (χ0) is 14.4. The van der Waals surface area contributed by atoms with Crippen LogP contribution in [0.2, 0.25) is 0 Å². The number of halogens is 1. The summed E-state index contributed by atoms with van der Waals surface area (Å²) < 4.78 is 0. The highest BCUT2D eigenvalue weighted by Gasteiger charge is 2.03. The van der Waals surface area contributed by atoms with Crippen molar-refractivity contribution in [3.63, 3.8) is 0 Å². The van der Waals surface area contributed by atoms with Crippen LogP contribution in [0.15, 0.2) is 34.8 Å². The molecule has 0 amide bonds. The van der Waals surface area contributed by atoms with Gasteiger partial charge >= 0.3 is 0 Å². The van der Waals surface area contributed by atoms with E-state index in [9.17, 15) is 0 Å². The molecule has 3 N–H and O–H groups in total. The fourth-order valence-electron chi connectivity index (χ4n) is 2.69. The molecule has 0 saturated carbocycles. The third-order valence-electron chi connectivity index (χ3n) is 3.59. The first-order valence-electron chi connectivity index (χ1n) is 7.46. The molecule has 1 aliphatic rings. The SMILES string of the molecule is Cc1cc(C)cc(NC(N)=NCCC2=CCCCC2)c1.I. The molecular weight excluding hydrogens is 373 g/mol. The Morgan fingerprint density at radius 3 is 2.52 bits per heavy atom. The Kier molecular flexibility index (Phi) is 7.78. The van der Waals surface area contributed by atoms with Crippen LogP contribution in [0.25, 0.3) is 0 Å². The second-order valence-corrected chi connectivity index (χ2v) is 5.63. The smallest absolute Gasteiger partial charge is 0.193 e. The zero-order valence-electron chi connectivity index (χ0n) is 13.0. The molecule has 0 spiro atoms. The maximum atomic E-state index is 5.94. The Hall–Kier alpha value is -1.04. The van der Waals surface area contributed by atoms with Gasteiger partial charge in [-0.3, -0.25) is 4.99 Å². The highest BCUT2D eigenvalue weighted by molar-refractivity contribution is 14.0. The molecule has 0 aliphatic heterocycles. The summed E-state index contributed by atoms with van der Waals surface area (Å²) in [4.78, 5) is 4.42. The number of aryl methyl sites for hydroxylation is 2. The summed E-state index contributed by atoms with van der Waals surface area (Å²) in [6, 6.07) is 6.31. The summed E-state index contributed by atoms with van der Waals surface area (Å²) in [7, 11) is 0. The lowest BCUT2D eigenvalue weighted by molar-refractivity contribution is 0.676. The van der Waals surface area contributed by atoms with Gasteiger partial charge in [-0.1, -0.05) is 17.7 Å². The van der Waals surface area contributed by atoms with Gasteiger partial charge in [-0.2, -0.15) is 0 Å². The van der Waals surface area contributed by atoms with E-state index in [0.29, 0.717) is 5.96 Å². The molecular formula is C17H26IN3. The average Bonchev–Trinajstić information content (AvgIpc) is 2.38. The van der Waals surface area contributed by atoms with Crippen molar-refractivity contribution in [3.05, 3.63) is 41.0 Å². The van der Waals surface area contributed by atoms with Crippen molar-refractivity contribution in [3.8, 4) is 0 Å². The van der Waals surface area contributed by atoms with Crippen LogP contribution in [-0.4, -0.2) is 12.5 Å². The van der Waals surface area contributed by atoms with Crippen molar-refractivity contribution >= 4 is 35.6 Å². The lowest BCUT2D eigenvalue weighted by atomic mass is 9.97. The van der Waals surface area contributed by atoms with Gasteiger partial charge < -0.3 is 11.1 Å². The summed E-state index contributed by atoms with van der Waals surface area (Å²) in [6.07, 6.45) is 8.53. The molecule has 1 aromatic carbocycles. The van der Waals surface area contributed by atoms with Gasteiger partial charge in [0.25, 0.3) is 0 Å². The number of rotatable bonds is 4. The minimum Gasteiger partial charge on any atom is -0.370 e. The van der Waals surface area contributed by atoms with Crippen LogP contribution in [0.5, 0.6) is 0 Å². The van der Waals surface area contributed by atoms with E-state index in [2.05, 4.69) is 48.4 Å². The van der Waals surface area contributed by atoms with Crippen LogP contribution in [0.1, 0.15) is 43.2 Å². The summed E-state index contributed by atoms with van der Waals surface area (Å²) in [6.45, 7) is 4.94. The molecule has 1 aromatic rings. The quantitative estimate of drug-likeness (QED) is 0.338. The summed E-state index contributed by atoms with van der Waals surface area (Å²) in [5.74, 6) is 0.506. The minimum atomic E-state index is 0. The van der Waals surface area contributed by atoms with Crippen LogP contribution < -0.4 is 11.1 Å². The van der Waals surface area contributed by atoms with Crippen molar-refractivity contribution in [2.75, 3.05) is 11.9 Å². The van der Waals surface area contributed by atoms with Gasteiger partial charge in [0.2, 0.25) is 0 Å². The Labute approximate surface area is 145 Å². The van der Waals surface area contributed by atoms with Gasteiger partial charge in [-0.25, -0.2) is 0 Å². The third-order valence-corrected chi connectivity index (χ3v) is 3.59. The van der Waals surface area contributed by atoms with E-state index in [-0.39, 0.29) is 24.0 Å². The van der Waals surface area contributed by atoms with E-state index >= 15 is 0 Å². The molecule has 4 heteroatoms. The second kappa shape index (κ2) is 9.07.